The maximum Gasteiger partial charge on any atom is 0.316 e. The van der Waals surface area contributed by atoms with Crippen LogP contribution in [-0.2, 0) is 14.6 Å². The number of aromatic nitrogens is 1. The molecule has 1 aliphatic carbocycles. The predicted octanol–water partition coefficient (Wildman–Crippen LogP) is 0.462. The van der Waals surface area contributed by atoms with E-state index < -0.39 is 26.7 Å². The van der Waals surface area contributed by atoms with Gasteiger partial charge in [-0.15, -0.1) is 0 Å². The van der Waals surface area contributed by atoms with E-state index in [0.29, 0.717) is 16.8 Å². The third-order valence-electron chi connectivity index (χ3n) is 2.92. The molecule has 3 N–H and O–H groups in total. The van der Waals surface area contributed by atoms with Crippen LogP contribution in [0.1, 0.15) is 12.8 Å². The van der Waals surface area contributed by atoms with Gasteiger partial charge in [-0.05, 0) is 31.0 Å². The topological polar surface area (TPSA) is 115 Å². The summed E-state index contributed by atoms with van der Waals surface area (Å²) in [5.41, 5.74) is 6.72. The van der Waals surface area contributed by atoms with Gasteiger partial charge >= 0.3 is 5.22 Å². The number of nitrogen functional groups attached to an aromatic ring is 1. The predicted molar refractivity (Wildman–Crippen MR) is 71.6 cm³/mol. The van der Waals surface area contributed by atoms with Crippen LogP contribution in [0.15, 0.2) is 27.8 Å². The van der Waals surface area contributed by atoms with Crippen LogP contribution in [0.4, 0.5) is 5.69 Å². The number of fused-ring (bicyclic) bond motifs is 1. The molecule has 106 valence electrons. The molecule has 0 aliphatic heterocycles. The SMILES string of the molecule is Nc1ccc2oc(S(=O)(=O)CC(=O)NC3CC3)nc2c1. The molecule has 0 unspecified atom stereocenters. The minimum absolute atomic E-state index is 0.112. The standard InChI is InChI=1S/C12H13N3O4S/c13-7-1-4-10-9(5-7)15-12(19-10)20(17,18)6-11(16)14-8-2-3-8/h1,4-5,8H,2-3,6,13H2,(H,14,16). The fourth-order valence-electron chi connectivity index (χ4n) is 1.79. The van der Waals surface area contributed by atoms with Crippen molar-refractivity contribution in [2.24, 2.45) is 0 Å². The minimum Gasteiger partial charge on any atom is -0.428 e. The second kappa shape index (κ2) is 4.48. The molecule has 0 saturated heterocycles. The normalized spacial score (nSPS) is 15.4. The van der Waals surface area contributed by atoms with Gasteiger partial charge in [-0.2, -0.15) is 4.98 Å². The fourth-order valence-corrected chi connectivity index (χ4v) is 2.79. The summed E-state index contributed by atoms with van der Waals surface area (Å²) in [6.07, 6.45) is 1.79. The van der Waals surface area contributed by atoms with Crippen molar-refractivity contribution in [3.63, 3.8) is 0 Å². The highest BCUT2D eigenvalue weighted by molar-refractivity contribution is 7.91. The lowest BCUT2D eigenvalue weighted by atomic mass is 10.3. The van der Waals surface area contributed by atoms with E-state index in [2.05, 4.69) is 10.3 Å². The number of sulfone groups is 1. The molecular formula is C12H13N3O4S. The summed E-state index contributed by atoms with van der Waals surface area (Å²) >= 11 is 0. The highest BCUT2D eigenvalue weighted by Crippen LogP contribution is 2.22. The number of nitrogens with one attached hydrogen (secondary N) is 1. The molecule has 0 bridgehead atoms. The highest BCUT2D eigenvalue weighted by Gasteiger charge is 2.29. The second-order valence-electron chi connectivity index (χ2n) is 4.81. The van der Waals surface area contributed by atoms with E-state index in [1.54, 1.807) is 12.1 Å². The van der Waals surface area contributed by atoms with Crippen LogP contribution in [0.25, 0.3) is 11.1 Å². The van der Waals surface area contributed by atoms with E-state index in [-0.39, 0.29) is 6.04 Å². The van der Waals surface area contributed by atoms with Crippen LogP contribution >= 0.6 is 0 Å². The van der Waals surface area contributed by atoms with Gasteiger partial charge in [0.1, 0.15) is 11.3 Å². The average molecular weight is 295 g/mol. The van der Waals surface area contributed by atoms with Crippen LogP contribution in [0.3, 0.4) is 0 Å². The lowest BCUT2D eigenvalue weighted by molar-refractivity contribution is -0.118. The van der Waals surface area contributed by atoms with Crippen molar-refractivity contribution < 1.29 is 17.6 Å². The largest absolute Gasteiger partial charge is 0.428 e. The number of hydrogen-bond donors (Lipinski definition) is 2. The Morgan fingerprint density at radius 3 is 2.90 bits per heavy atom. The zero-order valence-corrected chi connectivity index (χ0v) is 11.3. The first kappa shape index (κ1) is 12.9. The van der Waals surface area contributed by atoms with Crippen LogP contribution < -0.4 is 11.1 Å². The molecule has 1 aliphatic rings. The lowest BCUT2D eigenvalue weighted by Gasteiger charge is -2.01. The van der Waals surface area contributed by atoms with Crippen molar-refractivity contribution in [1.82, 2.24) is 10.3 Å². The summed E-state index contributed by atoms with van der Waals surface area (Å²) in [6.45, 7) is 0. The summed E-state index contributed by atoms with van der Waals surface area (Å²) in [5.74, 6) is -1.19. The highest BCUT2D eigenvalue weighted by atomic mass is 32.2. The first-order valence-corrected chi connectivity index (χ1v) is 7.77. The van der Waals surface area contributed by atoms with Crippen molar-refractivity contribution in [1.29, 1.82) is 0 Å². The zero-order valence-electron chi connectivity index (χ0n) is 10.5. The maximum absolute atomic E-state index is 12.1. The second-order valence-corrected chi connectivity index (χ2v) is 6.68. The number of nitrogens with two attached hydrogens (primary N) is 1. The number of benzene rings is 1. The van der Waals surface area contributed by atoms with E-state index in [4.69, 9.17) is 10.2 Å². The van der Waals surface area contributed by atoms with Gasteiger partial charge in [0.25, 0.3) is 0 Å². The van der Waals surface area contributed by atoms with E-state index in [9.17, 15) is 13.2 Å². The maximum atomic E-state index is 12.1. The number of rotatable bonds is 4. The number of oxazole rings is 1. The Kier molecular flexibility index (Phi) is 2.89. The summed E-state index contributed by atoms with van der Waals surface area (Å²) in [5, 5.41) is 2.16. The molecule has 1 aromatic heterocycles. The minimum atomic E-state index is -3.88. The third kappa shape index (κ3) is 2.60. The fraction of sp³-hybridized carbons (Fsp3) is 0.333. The Morgan fingerprint density at radius 1 is 1.45 bits per heavy atom. The van der Waals surface area contributed by atoms with Crippen LogP contribution in [0.2, 0.25) is 0 Å². The first-order valence-electron chi connectivity index (χ1n) is 6.12. The lowest BCUT2D eigenvalue weighted by Crippen LogP contribution is -2.31. The number of carbonyl (C=O) groups excluding carboxylic acids is 1. The van der Waals surface area contributed by atoms with Crippen LogP contribution in [-0.4, -0.2) is 31.1 Å². The van der Waals surface area contributed by atoms with E-state index in [1.807, 2.05) is 0 Å². The van der Waals surface area contributed by atoms with Gasteiger partial charge in [0, 0.05) is 11.7 Å². The molecule has 2 aromatic rings. The van der Waals surface area contributed by atoms with Gasteiger partial charge in [-0.25, -0.2) is 8.42 Å². The number of hydrogen-bond acceptors (Lipinski definition) is 6. The molecule has 8 heteroatoms. The van der Waals surface area contributed by atoms with E-state index in [0.717, 1.165) is 12.8 Å². The molecule has 20 heavy (non-hydrogen) atoms. The molecule has 7 nitrogen and oxygen atoms in total. The summed E-state index contributed by atoms with van der Waals surface area (Å²) in [6, 6.07) is 4.76. The van der Waals surface area contributed by atoms with Crippen molar-refractivity contribution in [2.75, 3.05) is 11.5 Å². The monoisotopic (exact) mass is 295 g/mol. The van der Waals surface area contributed by atoms with Crippen molar-refractivity contribution in [3.8, 4) is 0 Å². The molecule has 0 radical (unpaired) electrons. The molecule has 1 saturated carbocycles. The zero-order chi connectivity index (χ0) is 14.3. The van der Waals surface area contributed by atoms with Gasteiger partial charge in [0.15, 0.2) is 5.58 Å². The molecule has 0 atom stereocenters. The Labute approximate surface area is 115 Å². The Hall–Kier alpha value is -2.09. The molecule has 1 heterocycles. The summed E-state index contributed by atoms with van der Waals surface area (Å²) in [4.78, 5) is 15.5. The Morgan fingerprint density at radius 2 is 2.20 bits per heavy atom. The molecule has 1 aromatic carbocycles. The molecule has 1 fully saturated rings. The van der Waals surface area contributed by atoms with Gasteiger partial charge in [-0.3, -0.25) is 4.79 Å². The van der Waals surface area contributed by atoms with Crippen molar-refractivity contribution in [3.05, 3.63) is 18.2 Å². The number of anilines is 1. The molecule has 1 amide bonds. The van der Waals surface area contributed by atoms with Gasteiger partial charge in [-0.1, -0.05) is 0 Å². The van der Waals surface area contributed by atoms with E-state index in [1.165, 1.54) is 6.07 Å². The number of amides is 1. The Balaban J connectivity index is 1.86. The van der Waals surface area contributed by atoms with Crippen molar-refractivity contribution in [2.45, 2.75) is 24.1 Å². The van der Waals surface area contributed by atoms with Gasteiger partial charge in [0.05, 0.1) is 0 Å². The summed E-state index contributed by atoms with van der Waals surface area (Å²) < 4.78 is 29.3. The Bertz CT molecular complexity index is 777. The van der Waals surface area contributed by atoms with E-state index >= 15 is 0 Å². The number of nitrogens with zero attached hydrogens (tertiary/aromatic N) is 1. The third-order valence-corrected chi connectivity index (χ3v) is 4.27. The smallest absolute Gasteiger partial charge is 0.316 e. The number of carbonyl (C=O) groups is 1. The molecule has 3 rings (SSSR count). The van der Waals surface area contributed by atoms with Crippen molar-refractivity contribution >= 4 is 32.5 Å². The van der Waals surface area contributed by atoms with Crippen LogP contribution in [0.5, 0.6) is 0 Å². The van der Waals surface area contributed by atoms with Gasteiger partial charge < -0.3 is 15.5 Å². The van der Waals surface area contributed by atoms with Gasteiger partial charge in [0.2, 0.25) is 15.7 Å². The average Bonchev–Trinajstić information content (AvgIpc) is 3.04. The molecular weight excluding hydrogens is 282 g/mol. The first-order chi connectivity index (χ1) is 9.44. The van der Waals surface area contributed by atoms with Crippen LogP contribution in [0, 0.1) is 0 Å². The molecule has 0 spiro atoms. The quantitative estimate of drug-likeness (QED) is 0.792. The summed E-state index contributed by atoms with van der Waals surface area (Å²) in [7, 11) is -3.88.